The standard InChI is InChI=1S/C18H25FN2O3/c1-23-9-7-20-6-5-18(12-20)13-21(8-10-24-14-18)17(22)15-3-2-4-16(19)11-15/h2-4,11H,5-10,12-14H2,1H3/t18-/m1/s1. The van der Waals surface area contributed by atoms with Crippen molar-refractivity contribution in [1.29, 1.82) is 0 Å². The summed E-state index contributed by atoms with van der Waals surface area (Å²) in [5.74, 6) is -0.497. The number of carbonyl (C=O) groups excluding carboxylic acids is 1. The summed E-state index contributed by atoms with van der Waals surface area (Å²) in [6.45, 7) is 5.92. The van der Waals surface area contributed by atoms with E-state index in [0.29, 0.717) is 38.5 Å². The lowest BCUT2D eigenvalue weighted by molar-refractivity contribution is 0.0629. The average molecular weight is 336 g/mol. The second-order valence-corrected chi connectivity index (χ2v) is 6.81. The van der Waals surface area contributed by atoms with Crippen LogP contribution in [0.25, 0.3) is 0 Å². The molecule has 0 bridgehead atoms. The Morgan fingerprint density at radius 3 is 3.04 bits per heavy atom. The van der Waals surface area contributed by atoms with E-state index in [4.69, 9.17) is 9.47 Å². The number of benzene rings is 1. The average Bonchev–Trinajstić information content (AvgIpc) is 2.85. The predicted octanol–water partition coefficient (Wildman–Crippen LogP) is 1.64. The second-order valence-electron chi connectivity index (χ2n) is 6.81. The first-order valence-electron chi connectivity index (χ1n) is 8.46. The molecule has 0 unspecified atom stereocenters. The van der Waals surface area contributed by atoms with E-state index in [2.05, 4.69) is 4.90 Å². The molecule has 0 aliphatic carbocycles. The summed E-state index contributed by atoms with van der Waals surface area (Å²) in [6, 6.07) is 5.91. The summed E-state index contributed by atoms with van der Waals surface area (Å²) in [4.78, 5) is 17.0. The first kappa shape index (κ1) is 17.3. The fraction of sp³-hybridized carbons (Fsp3) is 0.611. The minimum atomic E-state index is -0.381. The SMILES string of the molecule is COCCN1CC[C@@]2(COCCN(C(=O)c3cccc(F)c3)C2)C1. The van der Waals surface area contributed by atoms with Crippen molar-refractivity contribution >= 4 is 5.91 Å². The van der Waals surface area contributed by atoms with Crippen LogP contribution in [0.4, 0.5) is 4.39 Å². The molecular weight excluding hydrogens is 311 g/mol. The molecule has 2 heterocycles. The van der Waals surface area contributed by atoms with E-state index in [0.717, 1.165) is 26.1 Å². The molecule has 1 spiro atoms. The van der Waals surface area contributed by atoms with Crippen molar-refractivity contribution in [2.24, 2.45) is 5.41 Å². The van der Waals surface area contributed by atoms with Crippen molar-refractivity contribution in [1.82, 2.24) is 9.80 Å². The Morgan fingerprint density at radius 1 is 1.38 bits per heavy atom. The fourth-order valence-electron chi connectivity index (χ4n) is 3.66. The van der Waals surface area contributed by atoms with Gasteiger partial charge in [-0.05, 0) is 31.2 Å². The van der Waals surface area contributed by atoms with Crippen LogP contribution in [0.3, 0.4) is 0 Å². The molecule has 0 aromatic heterocycles. The molecule has 0 saturated carbocycles. The van der Waals surface area contributed by atoms with Gasteiger partial charge in [-0.15, -0.1) is 0 Å². The molecular formula is C18H25FN2O3. The van der Waals surface area contributed by atoms with Crippen LogP contribution in [-0.2, 0) is 9.47 Å². The van der Waals surface area contributed by atoms with Crippen molar-refractivity contribution in [3.8, 4) is 0 Å². The Balaban J connectivity index is 1.70. The van der Waals surface area contributed by atoms with Crippen LogP contribution in [0.1, 0.15) is 16.8 Å². The predicted molar refractivity (Wildman–Crippen MR) is 88.5 cm³/mol. The van der Waals surface area contributed by atoms with Gasteiger partial charge in [0.25, 0.3) is 5.91 Å². The number of nitrogens with zero attached hydrogens (tertiary/aromatic N) is 2. The lowest BCUT2D eigenvalue weighted by Crippen LogP contribution is -2.43. The number of hydrogen-bond acceptors (Lipinski definition) is 4. The molecule has 2 aliphatic rings. The molecule has 1 aromatic carbocycles. The lowest BCUT2D eigenvalue weighted by atomic mass is 9.87. The maximum Gasteiger partial charge on any atom is 0.254 e. The van der Waals surface area contributed by atoms with Gasteiger partial charge in [0.15, 0.2) is 0 Å². The zero-order valence-electron chi connectivity index (χ0n) is 14.2. The minimum absolute atomic E-state index is 0.0345. The number of hydrogen-bond donors (Lipinski definition) is 0. The van der Waals surface area contributed by atoms with Crippen LogP contribution in [0.2, 0.25) is 0 Å². The highest BCUT2D eigenvalue weighted by Gasteiger charge is 2.42. The molecule has 2 saturated heterocycles. The molecule has 1 aromatic rings. The quantitative estimate of drug-likeness (QED) is 0.838. The first-order valence-corrected chi connectivity index (χ1v) is 8.46. The highest BCUT2D eigenvalue weighted by Crippen LogP contribution is 2.33. The topological polar surface area (TPSA) is 42.0 Å². The van der Waals surface area contributed by atoms with Crippen molar-refractivity contribution in [2.45, 2.75) is 6.42 Å². The summed E-state index contributed by atoms with van der Waals surface area (Å²) in [7, 11) is 1.71. The third-order valence-electron chi connectivity index (χ3n) is 4.93. The zero-order valence-corrected chi connectivity index (χ0v) is 14.2. The normalized spacial score (nSPS) is 25.2. The highest BCUT2D eigenvalue weighted by atomic mass is 19.1. The van der Waals surface area contributed by atoms with Crippen molar-refractivity contribution in [2.75, 3.05) is 59.7 Å². The summed E-state index contributed by atoms with van der Waals surface area (Å²) in [5, 5.41) is 0. The van der Waals surface area contributed by atoms with Gasteiger partial charge in [-0.25, -0.2) is 4.39 Å². The Morgan fingerprint density at radius 2 is 2.25 bits per heavy atom. The van der Waals surface area contributed by atoms with E-state index < -0.39 is 0 Å². The van der Waals surface area contributed by atoms with Gasteiger partial charge < -0.3 is 19.3 Å². The molecule has 1 atom stereocenters. The number of rotatable bonds is 4. The number of likely N-dealkylation sites (tertiary alicyclic amines) is 1. The summed E-state index contributed by atoms with van der Waals surface area (Å²) in [5.41, 5.74) is 0.369. The smallest absolute Gasteiger partial charge is 0.254 e. The largest absolute Gasteiger partial charge is 0.383 e. The number of halogens is 1. The van der Waals surface area contributed by atoms with E-state index >= 15 is 0 Å². The maximum absolute atomic E-state index is 13.4. The molecule has 0 radical (unpaired) electrons. The fourth-order valence-corrected chi connectivity index (χ4v) is 3.66. The molecule has 132 valence electrons. The Bertz CT molecular complexity index is 583. The third-order valence-corrected chi connectivity index (χ3v) is 4.93. The molecule has 3 rings (SSSR count). The summed E-state index contributed by atoms with van der Waals surface area (Å²) < 4.78 is 24.4. The van der Waals surface area contributed by atoms with E-state index in [-0.39, 0.29) is 17.1 Å². The zero-order chi connectivity index (χ0) is 17.0. The van der Waals surface area contributed by atoms with Crippen LogP contribution in [0, 0.1) is 11.2 Å². The Hall–Kier alpha value is -1.50. The number of methoxy groups -OCH3 is 1. The highest BCUT2D eigenvalue weighted by molar-refractivity contribution is 5.94. The minimum Gasteiger partial charge on any atom is -0.383 e. The van der Waals surface area contributed by atoms with Gasteiger partial charge >= 0.3 is 0 Å². The lowest BCUT2D eigenvalue weighted by Gasteiger charge is -2.32. The van der Waals surface area contributed by atoms with Crippen LogP contribution in [0.15, 0.2) is 24.3 Å². The van der Waals surface area contributed by atoms with E-state index in [1.807, 2.05) is 4.90 Å². The Kier molecular flexibility index (Phi) is 5.48. The van der Waals surface area contributed by atoms with Crippen molar-refractivity contribution in [3.63, 3.8) is 0 Å². The third kappa shape index (κ3) is 3.94. The van der Waals surface area contributed by atoms with Crippen LogP contribution in [-0.4, -0.2) is 75.4 Å². The van der Waals surface area contributed by atoms with E-state index in [1.165, 1.54) is 12.1 Å². The summed E-state index contributed by atoms with van der Waals surface area (Å²) >= 11 is 0. The molecule has 1 amide bonds. The molecule has 24 heavy (non-hydrogen) atoms. The molecule has 0 N–H and O–H groups in total. The molecule has 2 aliphatic heterocycles. The Labute approximate surface area is 142 Å². The van der Waals surface area contributed by atoms with Gasteiger partial charge in [0, 0.05) is 44.3 Å². The monoisotopic (exact) mass is 336 g/mol. The number of carbonyl (C=O) groups is 1. The second kappa shape index (κ2) is 7.59. The van der Waals surface area contributed by atoms with Crippen LogP contribution >= 0.6 is 0 Å². The number of amides is 1. The van der Waals surface area contributed by atoms with Crippen LogP contribution < -0.4 is 0 Å². The molecule has 6 heteroatoms. The number of ether oxygens (including phenoxy) is 2. The first-order chi connectivity index (χ1) is 11.6. The molecule has 2 fully saturated rings. The van der Waals surface area contributed by atoms with Crippen LogP contribution in [0.5, 0.6) is 0 Å². The van der Waals surface area contributed by atoms with Gasteiger partial charge in [0.1, 0.15) is 5.82 Å². The maximum atomic E-state index is 13.4. The molecule has 5 nitrogen and oxygen atoms in total. The van der Waals surface area contributed by atoms with Gasteiger partial charge in [-0.1, -0.05) is 6.07 Å². The van der Waals surface area contributed by atoms with E-state index in [9.17, 15) is 9.18 Å². The van der Waals surface area contributed by atoms with Crippen molar-refractivity contribution < 1.29 is 18.7 Å². The van der Waals surface area contributed by atoms with Gasteiger partial charge in [0.2, 0.25) is 0 Å². The van der Waals surface area contributed by atoms with E-state index in [1.54, 1.807) is 19.2 Å². The van der Waals surface area contributed by atoms with Gasteiger partial charge in [-0.3, -0.25) is 4.79 Å². The van der Waals surface area contributed by atoms with Gasteiger partial charge in [-0.2, -0.15) is 0 Å². The summed E-state index contributed by atoms with van der Waals surface area (Å²) in [6.07, 6.45) is 1.00. The van der Waals surface area contributed by atoms with Crippen molar-refractivity contribution in [3.05, 3.63) is 35.6 Å². The van der Waals surface area contributed by atoms with Gasteiger partial charge in [0.05, 0.1) is 19.8 Å².